The van der Waals surface area contributed by atoms with Crippen LogP contribution in [0.15, 0.2) is 0 Å². The van der Waals surface area contributed by atoms with Gasteiger partial charge in [0.25, 0.3) is 5.92 Å². The Bertz CT molecular complexity index is 405. The van der Waals surface area contributed by atoms with Crippen LogP contribution in [0, 0.1) is 5.41 Å². The van der Waals surface area contributed by atoms with Gasteiger partial charge in [-0.15, -0.1) is 0 Å². The molecule has 1 atom stereocenters. The van der Waals surface area contributed by atoms with Crippen LogP contribution >= 0.6 is 0 Å². The average Bonchev–Trinajstić information content (AvgIpc) is 2.23. The smallest absolute Gasteiger partial charge is 0.319 e. The van der Waals surface area contributed by atoms with Crippen LogP contribution in [-0.2, 0) is 19.4 Å². The number of rotatable bonds is 3. The number of ether oxygens (including phenoxy) is 1. The minimum absolute atomic E-state index is 0.189. The second-order valence-corrected chi connectivity index (χ2v) is 6.55. The van der Waals surface area contributed by atoms with E-state index in [1.54, 1.807) is 6.92 Å². The summed E-state index contributed by atoms with van der Waals surface area (Å²) in [6.45, 7) is 1.63. The second-order valence-electron chi connectivity index (χ2n) is 4.37. The van der Waals surface area contributed by atoms with Crippen molar-refractivity contribution in [2.45, 2.75) is 32.1 Å². The maximum Gasteiger partial charge on any atom is 0.319 e. The Kier molecular flexibility index (Phi) is 3.81. The molecule has 1 heterocycles. The molecule has 0 N–H and O–H groups in total. The number of halogens is 2. The van der Waals surface area contributed by atoms with E-state index in [2.05, 4.69) is 4.74 Å². The number of carbonyl (C=O) groups excluding carboxylic acids is 1. The van der Waals surface area contributed by atoms with Crippen LogP contribution in [0.4, 0.5) is 8.78 Å². The number of esters is 1. The maximum absolute atomic E-state index is 13.9. The number of methoxy groups -OCH3 is 1. The lowest BCUT2D eigenvalue weighted by molar-refractivity contribution is -0.182. The van der Waals surface area contributed by atoms with Crippen molar-refractivity contribution in [1.29, 1.82) is 0 Å². The highest BCUT2D eigenvalue weighted by Gasteiger charge is 2.63. The lowest BCUT2D eigenvalue weighted by Gasteiger charge is -2.40. The molecule has 0 aromatic carbocycles. The van der Waals surface area contributed by atoms with Gasteiger partial charge >= 0.3 is 5.97 Å². The summed E-state index contributed by atoms with van der Waals surface area (Å²) in [5.41, 5.74) is -2.21. The normalized spacial score (nSPS) is 30.8. The number of hydrogen-bond acceptors (Lipinski definition) is 4. The molecule has 1 rings (SSSR count). The topological polar surface area (TPSA) is 60.4 Å². The zero-order chi connectivity index (χ0) is 13.3. The van der Waals surface area contributed by atoms with Gasteiger partial charge in [0.2, 0.25) is 0 Å². The summed E-state index contributed by atoms with van der Waals surface area (Å²) in [5.74, 6) is -5.87. The van der Waals surface area contributed by atoms with Crippen molar-refractivity contribution in [1.82, 2.24) is 0 Å². The van der Waals surface area contributed by atoms with Crippen molar-refractivity contribution in [3.05, 3.63) is 0 Å². The van der Waals surface area contributed by atoms with E-state index in [0.717, 1.165) is 7.11 Å². The zero-order valence-electron chi connectivity index (χ0n) is 9.83. The van der Waals surface area contributed by atoms with E-state index in [4.69, 9.17) is 0 Å². The summed E-state index contributed by atoms with van der Waals surface area (Å²) in [4.78, 5) is 11.6. The van der Waals surface area contributed by atoms with Crippen LogP contribution in [-0.4, -0.2) is 38.9 Å². The van der Waals surface area contributed by atoms with Gasteiger partial charge in [0, 0.05) is 6.42 Å². The third-order valence-electron chi connectivity index (χ3n) is 3.15. The molecule has 0 amide bonds. The van der Waals surface area contributed by atoms with E-state index < -0.39 is 45.1 Å². The van der Waals surface area contributed by atoms with E-state index >= 15 is 0 Å². The van der Waals surface area contributed by atoms with Gasteiger partial charge in [-0.1, -0.05) is 13.3 Å². The number of carbonyl (C=O) groups is 1. The lowest BCUT2D eigenvalue weighted by atomic mass is 9.77. The standard InChI is InChI=1S/C10H16F2O4S/c1-3-4-9(8(13)16-2)7-17(14,15)6-5-10(9,11)12/h3-7H2,1-2H3. The fourth-order valence-electron chi connectivity index (χ4n) is 2.26. The highest BCUT2D eigenvalue weighted by Crippen LogP contribution is 2.48. The first-order valence-corrected chi connectivity index (χ1v) is 7.19. The first-order chi connectivity index (χ1) is 7.71. The predicted molar refractivity (Wildman–Crippen MR) is 57.6 cm³/mol. The molecule has 0 bridgehead atoms. The SMILES string of the molecule is CCCC1(C(=O)OC)CS(=O)(=O)CCC1(F)F. The molecule has 0 aliphatic carbocycles. The van der Waals surface area contributed by atoms with Crippen molar-refractivity contribution < 1.29 is 26.7 Å². The third-order valence-corrected chi connectivity index (χ3v) is 4.91. The Morgan fingerprint density at radius 3 is 2.47 bits per heavy atom. The van der Waals surface area contributed by atoms with Gasteiger partial charge in [-0.05, 0) is 6.42 Å². The molecule has 7 heteroatoms. The summed E-state index contributed by atoms with van der Waals surface area (Å²) in [7, 11) is -2.62. The molecule has 17 heavy (non-hydrogen) atoms. The minimum atomic E-state index is -3.62. The Morgan fingerprint density at radius 1 is 1.41 bits per heavy atom. The fraction of sp³-hybridized carbons (Fsp3) is 0.900. The van der Waals surface area contributed by atoms with Crippen LogP contribution in [0.3, 0.4) is 0 Å². The van der Waals surface area contributed by atoms with E-state index in [1.165, 1.54) is 0 Å². The number of hydrogen-bond donors (Lipinski definition) is 0. The number of sulfone groups is 1. The van der Waals surface area contributed by atoms with Crippen molar-refractivity contribution in [3.63, 3.8) is 0 Å². The average molecular weight is 270 g/mol. The van der Waals surface area contributed by atoms with Crippen LogP contribution in [0.25, 0.3) is 0 Å². The summed E-state index contributed by atoms with van der Waals surface area (Å²) < 4.78 is 55.3. The van der Waals surface area contributed by atoms with Crippen molar-refractivity contribution in [3.8, 4) is 0 Å². The van der Waals surface area contributed by atoms with Gasteiger partial charge in [0.1, 0.15) is 5.41 Å². The molecule has 0 aromatic rings. The molecular formula is C10H16F2O4S. The lowest BCUT2D eigenvalue weighted by Crippen LogP contribution is -2.56. The number of alkyl halides is 2. The predicted octanol–water partition coefficient (Wildman–Crippen LogP) is 1.40. The Labute approximate surface area is 99.2 Å². The summed E-state index contributed by atoms with van der Waals surface area (Å²) >= 11 is 0. The molecular weight excluding hydrogens is 254 g/mol. The second kappa shape index (κ2) is 4.51. The zero-order valence-corrected chi connectivity index (χ0v) is 10.6. The van der Waals surface area contributed by atoms with Gasteiger partial charge in [-0.3, -0.25) is 4.79 Å². The van der Waals surface area contributed by atoms with Crippen molar-refractivity contribution in [2.75, 3.05) is 18.6 Å². The summed E-state index contributed by atoms with van der Waals surface area (Å²) in [6.07, 6.45) is -0.712. The first-order valence-electron chi connectivity index (χ1n) is 5.37. The molecule has 4 nitrogen and oxygen atoms in total. The van der Waals surface area contributed by atoms with E-state index in [0.29, 0.717) is 6.42 Å². The van der Waals surface area contributed by atoms with Crippen molar-refractivity contribution >= 4 is 15.8 Å². The van der Waals surface area contributed by atoms with Gasteiger partial charge in [0.05, 0.1) is 18.6 Å². The maximum atomic E-state index is 13.9. The molecule has 1 fully saturated rings. The van der Waals surface area contributed by atoms with Crippen LogP contribution < -0.4 is 0 Å². The molecule has 0 aromatic heterocycles. The Balaban J connectivity index is 3.26. The fourth-order valence-corrected chi connectivity index (χ4v) is 4.20. The summed E-state index contributed by atoms with van der Waals surface area (Å²) in [6, 6.07) is 0. The summed E-state index contributed by atoms with van der Waals surface area (Å²) in [5, 5.41) is 0. The highest BCUT2D eigenvalue weighted by atomic mass is 32.2. The van der Waals surface area contributed by atoms with Crippen molar-refractivity contribution in [2.24, 2.45) is 5.41 Å². The van der Waals surface area contributed by atoms with Gasteiger partial charge in [-0.2, -0.15) is 0 Å². The molecule has 0 radical (unpaired) electrons. The molecule has 1 aliphatic rings. The van der Waals surface area contributed by atoms with E-state index in [-0.39, 0.29) is 6.42 Å². The molecule has 100 valence electrons. The van der Waals surface area contributed by atoms with Gasteiger partial charge in [-0.25, -0.2) is 17.2 Å². The van der Waals surface area contributed by atoms with Gasteiger partial charge in [0.15, 0.2) is 9.84 Å². The van der Waals surface area contributed by atoms with E-state index in [9.17, 15) is 22.0 Å². The highest BCUT2D eigenvalue weighted by molar-refractivity contribution is 7.91. The molecule has 0 saturated carbocycles. The quantitative estimate of drug-likeness (QED) is 0.727. The van der Waals surface area contributed by atoms with Crippen LogP contribution in [0.1, 0.15) is 26.2 Å². The van der Waals surface area contributed by atoms with Gasteiger partial charge < -0.3 is 4.74 Å². The molecule has 1 saturated heterocycles. The Hall–Kier alpha value is -0.720. The Morgan fingerprint density at radius 2 is 2.00 bits per heavy atom. The monoisotopic (exact) mass is 270 g/mol. The molecule has 1 aliphatic heterocycles. The largest absolute Gasteiger partial charge is 0.468 e. The minimum Gasteiger partial charge on any atom is -0.468 e. The van der Waals surface area contributed by atoms with Crippen LogP contribution in [0.2, 0.25) is 0 Å². The molecule has 1 unspecified atom stereocenters. The molecule has 0 spiro atoms. The van der Waals surface area contributed by atoms with E-state index in [1.807, 2.05) is 0 Å². The third kappa shape index (κ3) is 2.43. The van der Waals surface area contributed by atoms with Crippen LogP contribution in [0.5, 0.6) is 0 Å². The first kappa shape index (κ1) is 14.3.